The summed E-state index contributed by atoms with van der Waals surface area (Å²) in [5.41, 5.74) is 0.832. The average Bonchev–Trinajstić information content (AvgIpc) is 2.88. The predicted octanol–water partition coefficient (Wildman–Crippen LogP) is 3.04. The highest BCUT2D eigenvalue weighted by atomic mass is 16.4. The SMILES string of the molecule is CC(C)C1CCCN1C(=O)Nc1ccc(C(=O)O)cc1. The van der Waals surface area contributed by atoms with Crippen molar-refractivity contribution in [2.75, 3.05) is 11.9 Å². The zero-order valence-electron chi connectivity index (χ0n) is 11.8. The third-order valence-corrected chi connectivity index (χ3v) is 3.71. The molecule has 0 radical (unpaired) electrons. The van der Waals surface area contributed by atoms with Gasteiger partial charge in [0.1, 0.15) is 0 Å². The summed E-state index contributed by atoms with van der Waals surface area (Å²) < 4.78 is 0. The predicted molar refractivity (Wildman–Crippen MR) is 77.0 cm³/mol. The first-order valence-electron chi connectivity index (χ1n) is 6.90. The van der Waals surface area contributed by atoms with Gasteiger partial charge in [0, 0.05) is 18.3 Å². The van der Waals surface area contributed by atoms with E-state index in [-0.39, 0.29) is 17.6 Å². The summed E-state index contributed by atoms with van der Waals surface area (Å²) in [7, 11) is 0. The van der Waals surface area contributed by atoms with Crippen molar-refractivity contribution >= 4 is 17.7 Å². The number of likely N-dealkylation sites (tertiary alicyclic amines) is 1. The molecule has 1 aliphatic heterocycles. The first kappa shape index (κ1) is 14.4. The summed E-state index contributed by atoms with van der Waals surface area (Å²) in [6, 6.07) is 6.38. The Morgan fingerprint density at radius 2 is 1.95 bits per heavy atom. The van der Waals surface area contributed by atoms with Crippen LogP contribution in [-0.2, 0) is 0 Å². The summed E-state index contributed by atoms with van der Waals surface area (Å²) in [5, 5.41) is 11.7. The summed E-state index contributed by atoms with van der Waals surface area (Å²) in [6.07, 6.45) is 2.08. The average molecular weight is 276 g/mol. The first-order valence-corrected chi connectivity index (χ1v) is 6.90. The standard InChI is InChI=1S/C15H20N2O3/c1-10(2)13-4-3-9-17(13)15(20)16-12-7-5-11(6-8-12)14(18)19/h5-8,10,13H,3-4,9H2,1-2H3,(H,16,20)(H,18,19). The highest BCUT2D eigenvalue weighted by molar-refractivity contribution is 5.91. The molecule has 1 aliphatic rings. The van der Waals surface area contributed by atoms with E-state index >= 15 is 0 Å². The molecule has 1 saturated heterocycles. The minimum absolute atomic E-state index is 0.107. The number of rotatable bonds is 3. The Morgan fingerprint density at radius 1 is 1.30 bits per heavy atom. The molecule has 1 fully saturated rings. The molecule has 2 rings (SSSR count). The van der Waals surface area contributed by atoms with Crippen molar-refractivity contribution in [3.8, 4) is 0 Å². The Balaban J connectivity index is 2.02. The van der Waals surface area contributed by atoms with E-state index in [9.17, 15) is 9.59 Å². The maximum Gasteiger partial charge on any atom is 0.335 e. The van der Waals surface area contributed by atoms with E-state index in [1.54, 1.807) is 12.1 Å². The number of urea groups is 1. The van der Waals surface area contributed by atoms with Crippen LogP contribution in [0, 0.1) is 5.92 Å². The number of carboxylic acid groups (broad SMARTS) is 1. The molecule has 1 atom stereocenters. The van der Waals surface area contributed by atoms with Gasteiger partial charge in [-0.15, -0.1) is 0 Å². The number of carboxylic acids is 1. The van der Waals surface area contributed by atoms with Gasteiger partial charge in [-0.3, -0.25) is 0 Å². The molecule has 5 nitrogen and oxygen atoms in total. The molecular weight excluding hydrogens is 256 g/mol. The molecule has 1 unspecified atom stereocenters. The highest BCUT2D eigenvalue weighted by Gasteiger charge is 2.30. The van der Waals surface area contributed by atoms with E-state index in [0.29, 0.717) is 11.6 Å². The lowest BCUT2D eigenvalue weighted by molar-refractivity contribution is 0.0697. The molecule has 0 saturated carbocycles. The largest absolute Gasteiger partial charge is 0.478 e. The summed E-state index contributed by atoms with van der Waals surface area (Å²) in [6.45, 7) is 5.03. The Labute approximate surface area is 118 Å². The molecule has 0 aromatic heterocycles. The number of nitrogens with one attached hydrogen (secondary N) is 1. The van der Waals surface area contributed by atoms with Crippen LogP contribution < -0.4 is 5.32 Å². The van der Waals surface area contributed by atoms with Crippen molar-refractivity contribution in [2.24, 2.45) is 5.92 Å². The number of aromatic carboxylic acids is 1. The van der Waals surface area contributed by atoms with Crippen molar-refractivity contribution in [3.63, 3.8) is 0 Å². The van der Waals surface area contributed by atoms with Crippen LogP contribution in [-0.4, -0.2) is 34.6 Å². The zero-order valence-corrected chi connectivity index (χ0v) is 11.8. The number of hydrogen-bond acceptors (Lipinski definition) is 2. The molecule has 0 bridgehead atoms. The van der Waals surface area contributed by atoms with Gasteiger partial charge in [0.15, 0.2) is 0 Å². The van der Waals surface area contributed by atoms with E-state index < -0.39 is 5.97 Å². The monoisotopic (exact) mass is 276 g/mol. The fourth-order valence-corrected chi connectivity index (χ4v) is 2.63. The summed E-state index contributed by atoms with van der Waals surface area (Å²) >= 11 is 0. The Kier molecular flexibility index (Phi) is 4.27. The van der Waals surface area contributed by atoms with Gasteiger partial charge in [0.2, 0.25) is 0 Å². The van der Waals surface area contributed by atoms with Gasteiger partial charge in [-0.25, -0.2) is 9.59 Å². The lowest BCUT2D eigenvalue weighted by Gasteiger charge is -2.27. The Morgan fingerprint density at radius 3 is 2.50 bits per heavy atom. The molecule has 2 amide bonds. The van der Waals surface area contributed by atoms with Crippen LogP contribution in [0.5, 0.6) is 0 Å². The lowest BCUT2D eigenvalue weighted by atomic mass is 10.0. The van der Waals surface area contributed by atoms with Gasteiger partial charge >= 0.3 is 12.0 Å². The van der Waals surface area contributed by atoms with Gasteiger partial charge in [0.05, 0.1) is 5.56 Å². The van der Waals surface area contributed by atoms with E-state index in [1.807, 2.05) is 4.90 Å². The second-order valence-corrected chi connectivity index (χ2v) is 5.46. The topological polar surface area (TPSA) is 69.6 Å². The molecule has 1 aromatic rings. The quantitative estimate of drug-likeness (QED) is 0.891. The van der Waals surface area contributed by atoms with Crippen LogP contribution in [0.1, 0.15) is 37.0 Å². The lowest BCUT2D eigenvalue weighted by Crippen LogP contribution is -2.41. The zero-order chi connectivity index (χ0) is 14.7. The number of benzene rings is 1. The van der Waals surface area contributed by atoms with Crippen LogP contribution in [0.25, 0.3) is 0 Å². The molecule has 1 heterocycles. The van der Waals surface area contributed by atoms with Crippen LogP contribution in [0.4, 0.5) is 10.5 Å². The smallest absolute Gasteiger partial charge is 0.335 e. The van der Waals surface area contributed by atoms with Gasteiger partial charge < -0.3 is 15.3 Å². The van der Waals surface area contributed by atoms with E-state index in [4.69, 9.17) is 5.11 Å². The van der Waals surface area contributed by atoms with Crippen molar-refractivity contribution in [1.29, 1.82) is 0 Å². The number of amides is 2. The van der Waals surface area contributed by atoms with Gasteiger partial charge in [0.25, 0.3) is 0 Å². The fourth-order valence-electron chi connectivity index (χ4n) is 2.63. The third-order valence-electron chi connectivity index (χ3n) is 3.71. The molecule has 5 heteroatoms. The maximum absolute atomic E-state index is 12.2. The molecule has 20 heavy (non-hydrogen) atoms. The van der Waals surface area contributed by atoms with Crippen LogP contribution >= 0.6 is 0 Å². The van der Waals surface area contributed by atoms with E-state index in [1.165, 1.54) is 12.1 Å². The number of carbonyl (C=O) groups excluding carboxylic acids is 1. The van der Waals surface area contributed by atoms with Gasteiger partial charge in [-0.1, -0.05) is 13.8 Å². The number of carbonyl (C=O) groups is 2. The van der Waals surface area contributed by atoms with E-state index in [2.05, 4.69) is 19.2 Å². The summed E-state index contributed by atoms with van der Waals surface area (Å²) in [5.74, 6) is -0.528. The first-order chi connectivity index (χ1) is 9.49. The second kappa shape index (κ2) is 5.94. The third kappa shape index (κ3) is 3.10. The van der Waals surface area contributed by atoms with Crippen molar-refractivity contribution in [3.05, 3.63) is 29.8 Å². The Bertz CT molecular complexity index is 496. The molecular formula is C15H20N2O3. The molecule has 1 aromatic carbocycles. The van der Waals surface area contributed by atoms with E-state index in [0.717, 1.165) is 19.4 Å². The molecule has 108 valence electrons. The van der Waals surface area contributed by atoms with Crippen LogP contribution in [0.15, 0.2) is 24.3 Å². The Hall–Kier alpha value is -2.04. The minimum Gasteiger partial charge on any atom is -0.478 e. The fraction of sp³-hybridized carbons (Fsp3) is 0.467. The van der Waals surface area contributed by atoms with Crippen molar-refractivity contribution < 1.29 is 14.7 Å². The molecule has 2 N–H and O–H groups in total. The number of hydrogen-bond donors (Lipinski definition) is 2. The van der Waals surface area contributed by atoms with Crippen molar-refractivity contribution in [2.45, 2.75) is 32.7 Å². The second-order valence-electron chi connectivity index (χ2n) is 5.46. The maximum atomic E-state index is 12.2. The van der Waals surface area contributed by atoms with Gasteiger partial charge in [-0.2, -0.15) is 0 Å². The summed E-state index contributed by atoms with van der Waals surface area (Å²) in [4.78, 5) is 24.9. The molecule has 0 spiro atoms. The number of nitrogens with zero attached hydrogens (tertiary/aromatic N) is 1. The number of anilines is 1. The normalized spacial score (nSPS) is 18.4. The van der Waals surface area contributed by atoms with Crippen LogP contribution in [0.2, 0.25) is 0 Å². The highest BCUT2D eigenvalue weighted by Crippen LogP contribution is 2.24. The molecule has 0 aliphatic carbocycles. The van der Waals surface area contributed by atoms with Gasteiger partial charge in [-0.05, 0) is 43.0 Å². The van der Waals surface area contributed by atoms with Crippen molar-refractivity contribution in [1.82, 2.24) is 4.90 Å². The minimum atomic E-state index is -0.970. The van der Waals surface area contributed by atoms with Crippen LogP contribution in [0.3, 0.4) is 0 Å².